The number of carbonyl (C=O) groups is 1. The quantitative estimate of drug-likeness (QED) is 0.195. The van der Waals surface area contributed by atoms with Gasteiger partial charge in [0.25, 0.3) is 0 Å². The molecule has 0 unspecified atom stereocenters. The van der Waals surface area contributed by atoms with Gasteiger partial charge in [0, 0.05) is 20.7 Å². The number of fused-ring (bicyclic) bond motifs is 3. The molecule has 0 radical (unpaired) electrons. The largest absolute Gasteiger partial charge is 0.462 e. The third-order valence-corrected chi connectivity index (χ3v) is 8.73. The van der Waals surface area contributed by atoms with E-state index in [1.165, 1.54) is 9.79 Å². The van der Waals surface area contributed by atoms with Crippen molar-refractivity contribution in [2.24, 2.45) is 0 Å². The van der Waals surface area contributed by atoms with Gasteiger partial charge < -0.3 is 9.64 Å². The lowest BCUT2D eigenvalue weighted by molar-refractivity contribution is 0.0526. The van der Waals surface area contributed by atoms with Crippen LogP contribution in [0.25, 0.3) is 33.3 Å². The monoisotopic (exact) mass is 564 g/mol. The predicted molar refractivity (Wildman–Crippen MR) is 172 cm³/mol. The van der Waals surface area contributed by atoms with Crippen molar-refractivity contribution < 1.29 is 9.53 Å². The first-order valence-electron chi connectivity index (χ1n) is 14.1. The zero-order chi connectivity index (χ0) is 28.6. The molecule has 204 valence electrons. The third kappa shape index (κ3) is 4.52. The summed E-state index contributed by atoms with van der Waals surface area (Å²) in [7, 11) is 0. The number of carbonyl (C=O) groups excluding carboxylic acids is 1. The number of hydrogen-bond donors (Lipinski definition) is 0. The second-order valence-corrected chi connectivity index (χ2v) is 11.3. The summed E-state index contributed by atoms with van der Waals surface area (Å²) in [6, 6.07) is 41.7. The van der Waals surface area contributed by atoms with Gasteiger partial charge in [-0.15, -0.1) is 0 Å². The maximum atomic E-state index is 12.3. The Morgan fingerprint density at radius 2 is 1.38 bits per heavy atom. The molecule has 0 saturated heterocycles. The van der Waals surface area contributed by atoms with Crippen LogP contribution in [-0.2, 0) is 4.74 Å². The molecule has 6 aromatic rings. The van der Waals surface area contributed by atoms with Gasteiger partial charge in [0.2, 0.25) is 0 Å². The molecule has 0 saturated carbocycles. The van der Waals surface area contributed by atoms with Crippen molar-refractivity contribution in [2.75, 3.05) is 11.5 Å². The molecule has 0 spiro atoms. The number of aryl methyl sites for hydroxylation is 1. The van der Waals surface area contributed by atoms with Crippen molar-refractivity contribution in [3.8, 4) is 22.4 Å². The summed E-state index contributed by atoms with van der Waals surface area (Å²) in [5.74, 6) is -0.321. The smallest absolute Gasteiger partial charge is 0.338 e. The van der Waals surface area contributed by atoms with E-state index in [1.54, 1.807) is 11.8 Å². The van der Waals surface area contributed by atoms with Gasteiger partial charge in [0.15, 0.2) is 0 Å². The van der Waals surface area contributed by atoms with E-state index in [2.05, 4.69) is 103 Å². The molecule has 5 heteroatoms. The van der Waals surface area contributed by atoms with Crippen LogP contribution in [0.5, 0.6) is 0 Å². The number of para-hydroxylation sites is 2. The van der Waals surface area contributed by atoms with E-state index in [-0.39, 0.29) is 5.97 Å². The molecule has 1 aliphatic heterocycles. The number of nitrogens with zero attached hydrogens (tertiary/aromatic N) is 2. The Hall–Kier alpha value is -4.87. The van der Waals surface area contributed by atoms with Crippen molar-refractivity contribution in [3.05, 3.63) is 132 Å². The highest BCUT2D eigenvalue weighted by molar-refractivity contribution is 7.99. The third-order valence-electron chi connectivity index (χ3n) is 7.60. The van der Waals surface area contributed by atoms with E-state index in [0.717, 1.165) is 55.9 Å². The van der Waals surface area contributed by atoms with E-state index >= 15 is 0 Å². The van der Waals surface area contributed by atoms with Crippen LogP contribution in [0, 0.1) is 6.92 Å². The van der Waals surface area contributed by atoms with Crippen LogP contribution < -0.4 is 4.90 Å². The lowest BCUT2D eigenvalue weighted by Crippen LogP contribution is -2.15. The highest BCUT2D eigenvalue weighted by Crippen LogP contribution is 2.53. The number of pyridine rings is 1. The molecular formula is C37H28N2O2S. The fourth-order valence-corrected chi connectivity index (χ4v) is 6.68. The van der Waals surface area contributed by atoms with E-state index in [9.17, 15) is 4.79 Å². The molecule has 0 atom stereocenters. The number of anilines is 3. The molecule has 2 heterocycles. The number of hydrogen-bond acceptors (Lipinski definition) is 5. The Morgan fingerprint density at radius 3 is 2.05 bits per heavy atom. The average molecular weight is 565 g/mol. The van der Waals surface area contributed by atoms with Gasteiger partial charge in [0.05, 0.1) is 40.4 Å². The summed E-state index contributed by atoms with van der Waals surface area (Å²) >= 11 is 1.80. The van der Waals surface area contributed by atoms with Gasteiger partial charge in [-0.1, -0.05) is 84.6 Å². The molecule has 0 amide bonds. The van der Waals surface area contributed by atoms with Crippen LogP contribution in [0.15, 0.2) is 131 Å². The second-order valence-electron chi connectivity index (χ2n) is 10.2. The van der Waals surface area contributed by atoms with Crippen molar-refractivity contribution in [1.82, 2.24) is 4.98 Å². The number of aromatic nitrogens is 1. The summed E-state index contributed by atoms with van der Waals surface area (Å²) in [5, 5.41) is 1.12. The van der Waals surface area contributed by atoms with Crippen LogP contribution in [0.1, 0.15) is 22.8 Å². The lowest BCUT2D eigenvalue weighted by Gasteiger charge is -2.33. The van der Waals surface area contributed by atoms with Crippen LogP contribution in [-0.4, -0.2) is 17.6 Å². The zero-order valence-electron chi connectivity index (χ0n) is 23.4. The van der Waals surface area contributed by atoms with E-state index < -0.39 is 0 Å². The van der Waals surface area contributed by atoms with Crippen molar-refractivity contribution in [1.29, 1.82) is 0 Å². The van der Waals surface area contributed by atoms with E-state index in [1.807, 2.05) is 37.3 Å². The Bertz CT molecular complexity index is 1910. The Balaban J connectivity index is 1.50. The molecular weight excluding hydrogens is 536 g/mol. The highest BCUT2D eigenvalue weighted by Gasteiger charge is 2.27. The van der Waals surface area contributed by atoms with Crippen LogP contribution in [0.4, 0.5) is 17.1 Å². The minimum atomic E-state index is -0.321. The molecule has 42 heavy (non-hydrogen) atoms. The summed E-state index contributed by atoms with van der Waals surface area (Å²) in [6.07, 6.45) is 0. The average Bonchev–Trinajstić information content (AvgIpc) is 3.04. The van der Waals surface area contributed by atoms with Crippen molar-refractivity contribution >= 4 is 45.7 Å². The van der Waals surface area contributed by atoms with Crippen molar-refractivity contribution in [3.63, 3.8) is 0 Å². The number of ether oxygens (including phenoxy) is 1. The molecule has 0 bridgehead atoms. The van der Waals surface area contributed by atoms with Crippen LogP contribution >= 0.6 is 11.8 Å². The molecule has 0 N–H and O–H groups in total. The Labute approximate surface area is 249 Å². The Morgan fingerprint density at radius 1 is 0.738 bits per heavy atom. The summed E-state index contributed by atoms with van der Waals surface area (Å²) in [5.41, 5.74) is 9.95. The number of benzene rings is 5. The summed E-state index contributed by atoms with van der Waals surface area (Å²) in [4.78, 5) is 22.4. The van der Waals surface area contributed by atoms with E-state index in [4.69, 9.17) is 9.72 Å². The first-order chi connectivity index (χ1) is 20.6. The number of rotatable bonds is 5. The lowest BCUT2D eigenvalue weighted by atomic mass is 9.94. The normalized spacial score (nSPS) is 12.1. The SMILES string of the molecule is CCOC(=O)c1ccc(-c2cc(-c3ccccc3)c3c(C)ccc(N4c5ccccc5Sc5ccccc54)c3n2)cc1. The molecule has 0 aliphatic carbocycles. The maximum Gasteiger partial charge on any atom is 0.338 e. The van der Waals surface area contributed by atoms with Gasteiger partial charge in [-0.2, -0.15) is 0 Å². The van der Waals surface area contributed by atoms with E-state index in [0.29, 0.717) is 12.2 Å². The Kier molecular flexibility index (Phi) is 6.73. The fraction of sp³-hybridized carbons (Fsp3) is 0.0811. The minimum Gasteiger partial charge on any atom is -0.462 e. The summed E-state index contributed by atoms with van der Waals surface area (Å²) < 4.78 is 5.20. The predicted octanol–water partition coefficient (Wildman–Crippen LogP) is 9.99. The number of esters is 1. The van der Waals surface area contributed by atoms with Crippen LogP contribution in [0.2, 0.25) is 0 Å². The molecule has 0 fully saturated rings. The van der Waals surface area contributed by atoms with Gasteiger partial charge in [0.1, 0.15) is 0 Å². The highest BCUT2D eigenvalue weighted by atomic mass is 32.2. The fourth-order valence-electron chi connectivity index (χ4n) is 5.63. The zero-order valence-corrected chi connectivity index (χ0v) is 24.2. The van der Waals surface area contributed by atoms with Crippen LogP contribution in [0.3, 0.4) is 0 Å². The van der Waals surface area contributed by atoms with Gasteiger partial charge in [-0.05, 0) is 79.1 Å². The van der Waals surface area contributed by atoms with Gasteiger partial charge in [-0.25, -0.2) is 9.78 Å². The van der Waals surface area contributed by atoms with Gasteiger partial charge in [-0.3, -0.25) is 0 Å². The first-order valence-corrected chi connectivity index (χ1v) is 14.9. The first kappa shape index (κ1) is 26.1. The minimum absolute atomic E-state index is 0.321. The molecule has 5 aromatic carbocycles. The maximum absolute atomic E-state index is 12.3. The molecule has 1 aromatic heterocycles. The standard InChI is InChI=1S/C37H28N2O2S/c1-3-41-37(40)27-20-18-26(19-21-27)29-23-28(25-11-5-4-6-12-25)35-24(2)17-22-32(36(35)38-29)39-30-13-7-9-15-33(30)42-34-16-10-8-14-31(34)39/h4-23H,3H2,1-2H3. The molecule has 7 rings (SSSR count). The molecule has 1 aliphatic rings. The van der Waals surface area contributed by atoms with Gasteiger partial charge >= 0.3 is 5.97 Å². The second kappa shape index (κ2) is 10.8. The topological polar surface area (TPSA) is 42.4 Å². The van der Waals surface area contributed by atoms with Crippen molar-refractivity contribution in [2.45, 2.75) is 23.6 Å². The molecule has 4 nitrogen and oxygen atoms in total. The summed E-state index contributed by atoms with van der Waals surface area (Å²) in [6.45, 7) is 4.31.